The van der Waals surface area contributed by atoms with Crippen molar-refractivity contribution < 1.29 is 18.0 Å². The molecule has 2 aromatic carbocycles. The highest BCUT2D eigenvalue weighted by Gasteiger charge is 2.31. The second-order valence-corrected chi connectivity index (χ2v) is 11.6. The molecular formula is C24H31BrClN3O4S. The van der Waals surface area contributed by atoms with E-state index < -0.39 is 28.5 Å². The largest absolute Gasteiger partial charge is 0.352 e. The van der Waals surface area contributed by atoms with E-state index >= 15 is 0 Å². The average molecular weight is 573 g/mol. The molecule has 0 unspecified atom stereocenters. The average Bonchev–Trinajstić information content (AvgIpc) is 2.76. The summed E-state index contributed by atoms with van der Waals surface area (Å²) in [5, 5.41) is 3.26. The summed E-state index contributed by atoms with van der Waals surface area (Å²) in [6.45, 7) is 6.91. The number of hydrogen-bond acceptors (Lipinski definition) is 4. The number of sulfonamides is 1. The number of rotatable bonds is 10. The van der Waals surface area contributed by atoms with Crippen molar-refractivity contribution in [2.75, 3.05) is 17.1 Å². The van der Waals surface area contributed by atoms with Crippen molar-refractivity contribution in [2.45, 2.75) is 52.7 Å². The molecule has 0 saturated heterocycles. The molecule has 0 aliphatic rings. The summed E-state index contributed by atoms with van der Waals surface area (Å²) in [5.74, 6) is -0.806. The Morgan fingerprint density at radius 1 is 1.15 bits per heavy atom. The van der Waals surface area contributed by atoms with Crippen LogP contribution in [0.25, 0.3) is 0 Å². The summed E-state index contributed by atoms with van der Waals surface area (Å²) >= 11 is 9.54. The predicted octanol–water partition coefficient (Wildman–Crippen LogP) is 4.51. The molecule has 0 aliphatic carbocycles. The highest BCUT2D eigenvalue weighted by Crippen LogP contribution is 2.27. The van der Waals surface area contributed by atoms with E-state index in [0.29, 0.717) is 16.3 Å². The van der Waals surface area contributed by atoms with E-state index in [0.717, 1.165) is 27.0 Å². The number of hydrogen-bond donors (Lipinski definition) is 1. The van der Waals surface area contributed by atoms with Crippen molar-refractivity contribution in [3.63, 3.8) is 0 Å². The van der Waals surface area contributed by atoms with Gasteiger partial charge >= 0.3 is 0 Å². The van der Waals surface area contributed by atoms with E-state index in [9.17, 15) is 18.0 Å². The van der Waals surface area contributed by atoms with Gasteiger partial charge in [-0.25, -0.2) is 8.42 Å². The standard InChI is InChI=1S/C24H31BrClN3O4S/c1-6-17(3)27-24(31)18(4)28(14-19-8-7-9-20(25)12-19)23(30)15-29(34(5,32)33)22-13-21(26)11-10-16(22)2/h7-13,17-18H,6,14-15H2,1-5H3,(H,27,31)/t17-,18-/m1/s1. The molecule has 0 fully saturated rings. The first-order valence-electron chi connectivity index (χ1n) is 10.9. The molecule has 2 aromatic rings. The van der Waals surface area contributed by atoms with Crippen molar-refractivity contribution in [1.82, 2.24) is 10.2 Å². The molecule has 0 radical (unpaired) electrons. The van der Waals surface area contributed by atoms with Gasteiger partial charge in [0.2, 0.25) is 21.8 Å². The number of nitrogens with one attached hydrogen (secondary N) is 1. The normalized spacial score (nSPS) is 13.1. The molecule has 10 heteroatoms. The first-order chi connectivity index (χ1) is 15.8. The zero-order valence-corrected chi connectivity index (χ0v) is 23.2. The van der Waals surface area contributed by atoms with Crippen molar-refractivity contribution in [3.05, 3.63) is 63.1 Å². The maximum atomic E-state index is 13.6. The third kappa shape index (κ3) is 7.71. The van der Waals surface area contributed by atoms with Crippen LogP contribution in [0.1, 0.15) is 38.3 Å². The monoisotopic (exact) mass is 571 g/mol. The van der Waals surface area contributed by atoms with Gasteiger partial charge in [0.1, 0.15) is 12.6 Å². The van der Waals surface area contributed by atoms with Crippen molar-refractivity contribution in [1.29, 1.82) is 0 Å². The molecule has 0 aromatic heterocycles. The van der Waals surface area contributed by atoms with Crippen LogP contribution in [0.5, 0.6) is 0 Å². The smallest absolute Gasteiger partial charge is 0.244 e. The van der Waals surface area contributed by atoms with Gasteiger partial charge in [-0.3, -0.25) is 13.9 Å². The van der Waals surface area contributed by atoms with Gasteiger partial charge in [-0.15, -0.1) is 0 Å². The van der Waals surface area contributed by atoms with Crippen LogP contribution in [0.4, 0.5) is 5.69 Å². The highest BCUT2D eigenvalue weighted by atomic mass is 79.9. The van der Waals surface area contributed by atoms with Gasteiger partial charge in [0, 0.05) is 22.1 Å². The zero-order chi connectivity index (χ0) is 25.6. The third-order valence-corrected chi connectivity index (χ3v) is 7.38. The Kier molecular flexibility index (Phi) is 9.96. The fraction of sp³-hybridized carbons (Fsp3) is 0.417. The molecule has 2 atom stereocenters. The topological polar surface area (TPSA) is 86.8 Å². The molecule has 2 rings (SSSR count). The van der Waals surface area contributed by atoms with Crippen molar-refractivity contribution >= 4 is 55.1 Å². The van der Waals surface area contributed by atoms with Crippen LogP contribution in [0.15, 0.2) is 46.9 Å². The third-order valence-electron chi connectivity index (χ3n) is 5.53. The molecule has 0 aliphatic heterocycles. The number of carbonyl (C=O) groups excluding carboxylic acids is 2. The Morgan fingerprint density at radius 3 is 2.41 bits per heavy atom. The molecule has 34 heavy (non-hydrogen) atoms. The number of nitrogens with zero attached hydrogens (tertiary/aromatic N) is 2. The summed E-state index contributed by atoms with van der Waals surface area (Å²) in [7, 11) is -3.82. The van der Waals surface area contributed by atoms with E-state index in [-0.39, 0.29) is 18.5 Å². The van der Waals surface area contributed by atoms with Crippen molar-refractivity contribution in [2.24, 2.45) is 0 Å². The van der Waals surface area contributed by atoms with Crippen LogP contribution >= 0.6 is 27.5 Å². The summed E-state index contributed by atoms with van der Waals surface area (Å²) in [4.78, 5) is 27.9. The first-order valence-corrected chi connectivity index (χ1v) is 13.9. The molecular weight excluding hydrogens is 542 g/mol. The van der Waals surface area contributed by atoms with E-state index in [1.165, 1.54) is 11.0 Å². The Labute approximate surface area is 215 Å². The van der Waals surface area contributed by atoms with Gasteiger partial charge in [-0.05, 0) is 62.6 Å². The van der Waals surface area contributed by atoms with Crippen LogP contribution in [0, 0.1) is 6.92 Å². The number of anilines is 1. The lowest BCUT2D eigenvalue weighted by atomic mass is 10.1. The predicted molar refractivity (Wildman–Crippen MR) is 140 cm³/mol. The second kappa shape index (κ2) is 12.0. The van der Waals surface area contributed by atoms with Gasteiger partial charge in [-0.2, -0.15) is 0 Å². The zero-order valence-electron chi connectivity index (χ0n) is 20.0. The Balaban J connectivity index is 2.43. The van der Waals surface area contributed by atoms with Gasteiger partial charge in [-0.1, -0.05) is 52.7 Å². The summed E-state index contributed by atoms with van der Waals surface area (Å²) in [5.41, 5.74) is 1.78. The number of benzene rings is 2. The van der Waals surface area contributed by atoms with Crippen LogP contribution in [-0.4, -0.2) is 50.0 Å². The van der Waals surface area contributed by atoms with Crippen LogP contribution < -0.4 is 9.62 Å². The molecule has 0 heterocycles. The summed E-state index contributed by atoms with van der Waals surface area (Å²) in [6, 6.07) is 11.4. The van der Waals surface area contributed by atoms with Crippen LogP contribution in [-0.2, 0) is 26.2 Å². The minimum absolute atomic E-state index is 0.0561. The fourth-order valence-electron chi connectivity index (χ4n) is 3.33. The lowest BCUT2D eigenvalue weighted by Gasteiger charge is -2.32. The minimum atomic E-state index is -3.82. The lowest BCUT2D eigenvalue weighted by Crippen LogP contribution is -2.52. The van der Waals surface area contributed by atoms with Gasteiger partial charge in [0.15, 0.2) is 0 Å². The Bertz CT molecular complexity index is 1140. The lowest BCUT2D eigenvalue weighted by molar-refractivity contribution is -0.139. The Morgan fingerprint density at radius 2 is 1.82 bits per heavy atom. The number of carbonyl (C=O) groups is 2. The number of amides is 2. The Hall–Kier alpha value is -2.10. The summed E-state index contributed by atoms with van der Waals surface area (Å²) in [6.07, 6.45) is 1.78. The molecule has 186 valence electrons. The SMILES string of the molecule is CC[C@@H](C)NC(=O)[C@@H](C)N(Cc1cccc(Br)c1)C(=O)CN(c1cc(Cl)ccc1C)S(C)(=O)=O. The minimum Gasteiger partial charge on any atom is -0.352 e. The van der Waals surface area contributed by atoms with Gasteiger partial charge < -0.3 is 10.2 Å². The van der Waals surface area contributed by atoms with E-state index in [1.54, 1.807) is 26.0 Å². The molecule has 0 saturated carbocycles. The van der Waals surface area contributed by atoms with E-state index in [4.69, 9.17) is 11.6 Å². The fourth-order valence-corrected chi connectivity index (χ4v) is 4.84. The van der Waals surface area contributed by atoms with Gasteiger partial charge in [0.05, 0.1) is 11.9 Å². The van der Waals surface area contributed by atoms with Crippen LogP contribution in [0.3, 0.4) is 0 Å². The number of halogens is 2. The maximum Gasteiger partial charge on any atom is 0.244 e. The second-order valence-electron chi connectivity index (χ2n) is 8.35. The quantitative estimate of drug-likeness (QED) is 0.454. The van der Waals surface area contributed by atoms with E-state index in [1.807, 2.05) is 38.1 Å². The van der Waals surface area contributed by atoms with Gasteiger partial charge in [0.25, 0.3) is 0 Å². The molecule has 1 N–H and O–H groups in total. The molecule has 0 spiro atoms. The molecule has 0 bridgehead atoms. The summed E-state index contributed by atoms with van der Waals surface area (Å²) < 4.78 is 27.2. The molecule has 2 amide bonds. The van der Waals surface area contributed by atoms with E-state index in [2.05, 4.69) is 21.2 Å². The van der Waals surface area contributed by atoms with Crippen molar-refractivity contribution in [3.8, 4) is 0 Å². The highest BCUT2D eigenvalue weighted by molar-refractivity contribution is 9.10. The maximum absolute atomic E-state index is 13.6. The van der Waals surface area contributed by atoms with Crippen LogP contribution in [0.2, 0.25) is 5.02 Å². The first kappa shape index (κ1) is 28.1. The number of aryl methyl sites for hydroxylation is 1. The molecule has 7 nitrogen and oxygen atoms in total.